The summed E-state index contributed by atoms with van der Waals surface area (Å²) in [6.07, 6.45) is 0. The molecule has 4 aromatic rings. The minimum atomic E-state index is 0.223. The molecule has 1 heterocycles. The van der Waals surface area contributed by atoms with Gasteiger partial charge in [-0.05, 0) is 53.1 Å². The predicted octanol–water partition coefficient (Wildman–Crippen LogP) is 5.16. The molecule has 1 N–H and O–H groups in total. The Balaban J connectivity index is 1.52. The first-order chi connectivity index (χ1) is 14.7. The number of benzene rings is 3. The Kier molecular flexibility index (Phi) is 5.91. The van der Waals surface area contributed by atoms with Crippen LogP contribution in [0.2, 0.25) is 0 Å². The van der Waals surface area contributed by atoms with Crippen LogP contribution in [-0.4, -0.2) is 24.4 Å². The van der Waals surface area contributed by atoms with Crippen molar-refractivity contribution in [1.29, 1.82) is 0 Å². The molecule has 1 aromatic heterocycles. The van der Waals surface area contributed by atoms with Crippen LogP contribution in [0.1, 0.15) is 24.1 Å². The zero-order valence-electron chi connectivity index (χ0n) is 17.4. The van der Waals surface area contributed by atoms with Crippen molar-refractivity contribution in [1.82, 2.24) is 15.5 Å². The molecule has 0 saturated heterocycles. The maximum atomic E-state index is 5.53. The maximum absolute atomic E-state index is 5.53. The van der Waals surface area contributed by atoms with E-state index in [2.05, 4.69) is 77.0 Å². The van der Waals surface area contributed by atoms with Crippen molar-refractivity contribution in [3.63, 3.8) is 0 Å². The van der Waals surface area contributed by atoms with Crippen LogP contribution < -0.4 is 14.8 Å². The normalized spacial score (nSPS) is 12.0. The molecule has 0 fully saturated rings. The van der Waals surface area contributed by atoms with Gasteiger partial charge in [0.2, 0.25) is 5.88 Å². The highest BCUT2D eigenvalue weighted by Crippen LogP contribution is 2.30. The van der Waals surface area contributed by atoms with Crippen LogP contribution in [0.5, 0.6) is 11.6 Å². The van der Waals surface area contributed by atoms with E-state index in [-0.39, 0.29) is 6.04 Å². The number of hydrogen-bond donors (Lipinski definition) is 1. The number of rotatable bonds is 7. The molecule has 0 bridgehead atoms. The van der Waals surface area contributed by atoms with Gasteiger partial charge >= 0.3 is 0 Å². The monoisotopic (exact) mass is 399 g/mol. The van der Waals surface area contributed by atoms with E-state index < -0.39 is 0 Å². The number of nitrogens with one attached hydrogen (secondary N) is 1. The average Bonchev–Trinajstić information content (AvgIpc) is 2.82. The van der Waals surface area contributed by atoms with Gasteiger partial charge < -0.3 is 14.8 Å². The lowest BCUT2D eigenvalue weighted by Crippen LogP contribution is -2.18. The van der Waals surface area contributed by atoms with Crippen molar-refractivity contribution in [3.05, 3.63) is 83.9 Å². The fourth-order valence-electron chi connectivity index (χ4n) is 3.50. The zero-order valence-corrected chi connectivity index (χ0v) is 17.4. The Hall–Kier alpha value is -3.44. The quantitative estimate of drug-likeness (QED) is 0.465. The third kappa shape index (κ3) is 4.26. The number of aromatic nitrogens is 2. The van der Waals surface area contributed by atoms with Crippen LogP contribution >= 0.6 is 0 Å². The molecular weight excluding hydrogens is 374 g/mol. The van der Waals surface area contributed by atoms with Gasteiger partial charge in [0.15, 0.2) is 0 Å². The molecule has 0 unspecified atom stereocenters. The van der Waals surface area contributed by atoms with Crippen molar-refractivity contribution in [3.8, 4) is 22.9 Å². The summed E-state index contributed by atoms with van der Waals surface area (Å²) in [5.74, 6) is 1.25. The number of ether oxygens (including phenoxy) is 2. The lowest BCUT2D eigenvalue weighted by molar-refractivity contribution is 0.392. The first kappa shape index (κ1) is 19.9. The SMILES string of the molecule is COc1ccc(-c2cc(CN[C@H](C)c3ccc4ccccc4c3)ccc2OC)nn1. The molecule has 0 spiro atoms. The predicted molar refractivity (Wildman–Crippen MR) is 120 cm³/mol. The third-order valence-corrected chi connectivity index (χ3v) is 5.27. The summed E-state index contributed by atoms with van der Waals surface area (Å²) >= 11 is 0. The van der Waals surface area contributed by atoms with E-state index >= 15 is 0 Å². The van der Waals surface area contributed by atoms with Crippen LogP contribution in [0.4, 0.5) is 0 Å². The van der Waals surface area contributed by atoms with E-state index in [0.29, 0.717) is 5.88 Å². The first-order valence-electron chi connectivity index (χ1n) is 9.95. The van der Waals surface area contributed by atoms with Gasteiger partial charge in [0.05, 0.1) is 19.9 Å². The lowest BCUT2D eigenvalue weighted by atomic mass is 10.0. The fraction of sp³-hybridized carbons (Fsp3) is 0.200. The Morgan fingerprint density at radius 2 is 1.67 bits per heavy atom. The minimum absolute atomic E-state index is 0.223. The second-order valence-corrected chi connectivity index (χ2v) is 7.20. The number of methoxy groups -OCH3 is 2. The highest BCUT2D eigenvalue weighted by atomic mass is 16.5. The van der Waals surface area contributed by atoms with Crippen molar-refractivity contribution in [2.24, 2.45) is 0 Å². The standard InChI is InChI=1S/C25H25N3O2/c1-17(20-10-9-19-6-4-5-7-21(19)15-20)26-16-18-8-12-24(29-2)22(14-18)23-11-13-25(30-3)28-27-23/h4-15,17,26H,16H2,1-3H3/t17-/m1/s1. The third-order valence-electron chi connectivity index (χ3n) is 5.27. The molecule has 30 heavy (non-hydrogen) atoms. The van der Waals surface area contributed by atoms with Gasteiger partial charge in [-0.3, -0.25) is 0 Å². The summed E-state index contributed by atoms with van der Waals surface area (Å²) in [5.41, 5.74) is 4.07. The topological polar surface area (TPSA) is 56.3 Å². The number of hydrogen-bond acceptors (Lipinski definition) is 5. The van der Waals surface area contributed by atoms with Crippen molar-refractivity contribution >= 4 is 10.8 Å². The molecule has 0 saturated carbocycles. The van der Waals surface area contributed by atoms with Gasteiger partial charge in [-0.15, -0.1) is 10.2 Å². The van der Waals surface area contributed by atoms with E-state index in [4.69, 9.17) is 9.47 Å². The maximum Gasteiger partial charge on any atom is 0.233 e. The highest BCUT2D eigenvalue weighted by molar-refractivity contribution is 5.83. The Morgan fingerprint density at radius 1 is 0.833 bits per heavy atom. The molecule has 3 aromatic carbocycles. The Bertz CT molecular complexity index is 1140. The summed E-state index contributed by atoms with van der Waals surface area (Å²) in [7, 11) is 3.24. The molecular formula is C25H25N3O2. The summed E-state index contributed by atoms with van der Waals surface area (Å²) in [6, 6.07) is 25.1. The second-order valence-electron chi connectivity index (χ2n) is 7.20. The highest BCUT2D eigenvalue weighted by Gasteiger charge is 2.11. The Labute approximate surface area is 176 Å². The summed E-state index contributed by atoms with van der Waals surface area (Å²) < 4.78 is 10.6. The van der Waals surface area contributed by atoms with Crippen molar-refractivity contribution < 1.29 is 9.47 Å². The van der Waals surface area contributed by atoms with Gasteiger partial charge in [-0.2, -0.15) is 0 Å². The smallest absolute Gasteiger partial charge is 0.233 e. The lowest BCUT2D eigenvalue weighted by Gasteiger charge is -2.16. The summed E-state index contributed by atoms with van der Waals surface area (Å²) in [5, 5.41) is 14.5. The molecule has 4 rings (SSSR count). The molecule has 152 valence electrons. The summed E-state index contributed by atoms with van der Waals surface area (Å²) in [6.45, 7) is 2.91. The van der Waals surface area contributed by atoms with Gasteiger partial charge in [0.25, 0.3) is 0 Å². The van der Waals surface area contributed by atoms with Crippen LogP contribution in [0.15, 0.2) is 72.8 Å². The van der Waals surface area contributed by atoms with Crippen LogP contribution in [0.25, 0.3) is 22.0 Å². The molecule has 0 radical (unpaired) electrons. The number of fused-ring (bicyclic) bond motifs is 1. The molecule has 5 nitrogen and oxygen atoms in total. The van der Waals surface area contributed by atoms with Crippen molar-refractivity contribution in [2.75, 3.05) is 14.2 Å². The van der Waals surface area contributed by atoms with Gasteiger partial charge in [0, 0.05) is 24.2 Å². The van der Waals surface area contributed by atoms with Gasteiger partial charge in [0.1, 0.15) is 5.75 Å². The largest absolute Gasteiger partial charge is 0.496 e. The minimum Gasteiger partial charge on any atom is -0.496 e. The van der Waals surface area contributed by atoms with Crippen LogP contribution in [-0.2, 0) is 6.54 Å². The first-order valence-corrected chi connectivity index (χ1v) is 9.95. The van der Waals surface area contributed by atoms with Crippen LogP contribution in [0, 0.1) is 0 Å². The van der Waals surface area contributed by atoms with E-state index in [1.165, 1.54) is 16.3 Å². The summed E-state index contributed by atoms with van der Waals surface area (Å²) in [4.78, 5) is 0. The van der Waals surface area contributed by atoms with E-state index in [1.54, 1.807) is 20.3 Å². The zero-order chi connectivity index (χ0) is 20.9. The second kappa shape index (κ2) is 8.93. The van der Waals surface area contributed by atoms with E-state index in [0.717, 1.165) is 29.1 Å². The van der Waals surface area contributed by atoms with Gasteiger partial charge in [-0.25, -0.2) is 0 Å². The van der Waals surface area contributed by atoms with Gasteiger partial charge in [-0.1, -0.05) is 42.5 Å². The molecule has 0 aliphatic rings. The molecule has 0 aliphatic carbocycles. The van der Waals surface area contributed by atoms with Crippen LogP contribution in [0.3, 0.4) is 0 Å². The molecule has 0 aliphatic heterocycles. The molecule has 1 atom stereocenters. The molecule has 5 heteroatoms. The van der Waals surface area contributed by atoms with E-state index in [9.17, 15) is 0 Å². The average molecular weight is 399 g/mol. The molecule has 0 amide bonds. The fourth-order valence-corrected chi connectivity index (χ4v) is 3.50. The number of nitrogens with zero attached hydrogens (tertiary/aromatic N) is 2. The van der Waals surface area contributed by atoms with Crippen molar-refractivity contribution in [2.45, 2.75) is 19.5 Å². The van der Waals surface area contributed by atoms with E-state index in [1.807, 2.05) is 12.1 Å². The Morgan fingerprint density at radius 3 is 2.40 bits per heavy atom.